The summed E-state index contributed by atoms with van der Waals surface area (Å²) in [6, 6.07) is 9.22. The molecule has 162 valence electrons. The summed E-state index contributed by atoms with van der Waals surface area (Å²) in [4.78, 5) is 43.1. The Balaban J connectivity index is 1.78. The van der Waals surface area contributed by atoms with Gasteiger partial charge in [-0.05, 0) is 25.8 Å². The number of benzene rings is 1. The molecule has 0 fully saturated rings. The predicted octanol–water partition coefficient (Wildman–Crippen LogP) is 1.92. The summed E-state index contributed by atoms with van der Waals surface area (Å²) in [5.41, 5.74) is 2.13. The molecule has 4 rings (SSSR count). The molecule has 0 amide bonds. The van der Waals surface area contributed by atoms with Crippen molar-refractivity contribution in [1.82, 2.24) is 23.1 Å². The lowest BCUT2D eigenvalue weighted by molar-refractivity contribution is -0.145. The van der Waals surface area contributed by atoms with Gasteiger partial charge >= 0.3 is 11.7 Å². The van der Waals surface area contributed by atoms with E-state index in [4.69, 9.17) is 4.74 Å². The van der Waals surface area contributed by atoms with Crippen LogP contribution < -0.4 is 11.2 Å². The molecule has 0 saturated carbocycles. The van der Waals surface area contributed by atoms with E-state index in [1.54, 1.807) is 11.4 Å². The van der Waals surface area contributed by atoms with Crippen LogP contribution in [-0.2, 0) is 36.3 Å². The smallest absolute Gasteiger partial charge is 0.333 e. The Labute approximate surface area is 178 Å². The molecule has 0 aliphatic rings. The quantitative estimate of drug-likeness (QED) is 0.442. The molecule has 0 aliphatic heterocycles. The van der Waals surface area contributed by atoms with Gasteiger partial charge in [0.1, 0.15) is 13.2 Å². The number of nitrogens with zero attached hydrogens (tertiary/aromatic N) is 5. The molecule has 9 nitrogen and oxygen atoms in total. The molecule has 0 spiro atoms. The van der Waals surface area contributed by atoms with E-state index in [2.05, 4.69) is 11.9 Å². The van der Waals surface area contributed by atoms with Gasteiger partial charge in [-0.25, -0.2) is 9.36 Å². The molecular formula is C22H25N5O4. The minimum absolute atomic E-state index is 0.0755. The molecule has 3 aromatic heterocycles. The second kappa shape index (κ2) is 7.90. The Morgan fingerprint density at radius 3 is 2.45 bits per heavy atom. The number of esters is 1. The Morgan fingerprint density at radius 1 is 1.06 bits per heavy atom. The topological polar surface area (TPSA) is 92.5 Å². The number of carbonyl (C=O) groups excluding carboxylic acids is 1. The summed E-state index contributed by atoms with van der Waals surface area (Å²) in [7, 11) is 1.55. The van der Waals surface area contributed by atoms with Crippen molar-refractivity contribution in [3.8, 4) is 0 Å². The fraction of sp³-hybridized carbons (Fsp3) is 0.364. The number of imidazole rings is 2. The van der Waals surface area contributed by atoms with Gasteiger partial charge in [-0.2, -0.15) is 4.98 Å². The lowest BCUT2D eigenvalue weighted by Gasteiger charge is -2.09. The highest BCUT2D eigenvalue weighted by atomic mass is 16.5. The minimum atomic E-state index is -0.653. The predicted molar refractivity (Wildman–Crippen MR) is 116 cm³/mol. The van der Waals surface area contributed by atoms with Crippen LogP contribution in [0.15, 0.2) is 39.9 Å². The summed E-state index contributed by atoms with van der Waals surface area (Å²) in [5.74, 6) is -0.0389. The Kier molecular flexibility index (Phi) is 5.26. The molecule has 4 aromatic rings. The first-order chi connectivity index (χ1) is 14.8. The first-order valence-electron chi connectivity index (χ1n) is 10.2. The van der Waals surface area contributed by atoms with Gasteiger partial charge in [0.05, 0.1) is 0 Å². The summed E-state index contributed by atoms with van der Waals surface area (Å²) in [6.45, 7) is 6.32. The van der Waals surface area contributed by atoms with Crippen LogP contribution in [0.3, 0.4) is 0 Å². The average molecular weight is 423 g/mol. The third-order valence-electron chi connectivity index (χ3n) is 5.61. The lowest BCUT2D eigenvalue weighted by atomic mass is 10.2. The second-order valence-electron chi connectivity index (χ2n) is 7.62. The standard InChI is InChI=1S/C22H25N5O4/c1-5-11-25-14(2)15(3)27-18-19(23-21(25)27)24(4)22(30)26(20(18)29)12-17(28)31-13-16-9-7-6-8-10-16/h6-10H,5,11-13H2,1-4H3. The van der Waals surface area contributed by atoms with Crippen LogP contribution in [0, 0.1) is 13.8 Å². The van der Waals surface area contributed by atoms with Gasteiger partial charge in [0.15, 0.2) is 11.2 Å². The van der Waals surface area contributed by atoms with E-state index in [9.17, 15) is 14.4 Å². The molecule has 0 saturated heterocycles. The van der Waals surface area contributed by atoms with Crippen LogP contribution in [0.2, 0.25) is 0 Å². The van der Waals surface area contributed by atoms with Crippen molar-refractivity contribution in [2.45, 2.75) is 46.9 Å². The highest BCUT2D eigenvalue weighted by Crippen LogP contribution is 2.20. The van der Waals surface area contributed by atoms with Crippen LogP contribution in [0.25, 0.3) is 16.9 Å². The molecule has 0 unspecified atom stereocenters. The fourth-order valence-corrected chi connectivity index (χ4v) is 3.86. The molecule has 31 heavy (non-hydrogen) atoms. The van der Waals surface area contributed by atoms with Crippen molar-refractivity contribution < 1.29 is 9.53 Å². The lowest BCUT2D eigenvalue weighted by Crippen LogP contribution is -2.41. The van der Waals surface area contributed by atoms with Crippen LogP contribution in [0.4, 0.5) is 0 Å². The van der Waals surface area contributed by atoms with Crippen molar-refractivity contribution >= 4 is 22.9 Å². The molecule has 0 aliphatic carbocycles. The van der Waals surface area contributed by atoms with Crippen molar-refractivity contribution in [1.29, 1.82) is 0 Å². The van der Waals surface area contributed by atoms with Crippen molar-refractivity contribution in [2.75, 3.05) is 0 Å². The molecule has 0 bridgehead atoms. The maximum absolute atomic E-state index is 13.3. The van der Waals surface area contributed by atoms with E-state index in [0.717, 1.165) is 34.5 Å². The molecule has 0 radical (unpaired) electrons. The first kappa shape index (κ1) is 20.6. The van der Waals surface area contributed by atoms with E-state index in [-0.39, 0.29) is 12.1 Å². The summed E-state index contributed by atoms with van der Waals surface area (Å²) >= 11 is 0. The largest absolute Gasteiger partial charge is 0.459 e. The van der Waals surface area contributed by atoms with Crippen LogP contribution in [0.1, 0.15) is 30.3 Å². The minimum Gasteiger partial charge on any atom is -0.459 e. The maximum atomic E-state index is 13.3. The second-order valence-corrected chi connectivity index (χ2v) is 7.62. The van der Waals surface area contributed by atoms with Gasteiger partial charge in [-0.15, -0.1) is 0 Å². The van der Waals surface area contributed by atoms with Crippen molar-refractivity contribution in [3.63, 3.8) is 0 Å². The third kappa shape index (κ3) is 3.35. The van der Waals surface area contributed by atoms with Crippen LogP contribution >= 0.6 is 0 Å². The van der Waals surface area contributed by atoms with E-state index in [1.807, 2.05) is 48.7 Å². The third-order valence-corrected chi connectivity index (χ3v) is 5.61. The van der Waals surface area contributed by atoms with E-state index in [1.165, 1.54) is 4.57 Å². The molecule has 9 heteroatoms. The fourth-order valence-electron chi connectivity index (χ4n) is 3.86. The number of carbonyl (C=O) groups is 1. The van der Waals surface area contributed by atoms with Crippen molar-refractivity contribution in [3.05, 3.63) is 68.1 Å². The number of aromatic nitrogens is 5. The van der Waals surface area contributed by atoms with Gasteiger partial charge < -0.3 is 9.30 Å². The monoisotopic (exact) mass is 423 g/mol. The van der Waals surface area contributed by atoms with E-state index >= 15 is 0 Å². The first-order valence-corrected chi connectivity index (χ1v) is 10.2. The van der Waals surface area contributed by atoms with Crippen molar-refractivity contribution in [2.24, 2.45) is 7.05 Å². The maximum Gasteiger partial charge on any atom is 0.333 e. The van der Waals surface area contributed by atoms with Gasteiger partial charge in [-0.1, -0.05) is 37.3 Å². The highest BCUT2D eigenvalue weighted by molar-refractivity contribution is 5.77. The number of hydrogen-bond donors (Lipinski definition) is 0. The summed E-state index contributed by atoms with van der Waals surface area (Å²) in [6.07, 6.45) is 0.907. The zero-order valence-electron chi connectivity index (χ0n) is 18.1. The van der Waals surface area contributed by atoms with Gasteiger partial charge in [0.2, 0.25) is 5.78 Å². The summed E-state index contributed by atoms with van der Waals surface area (Å²) < 4.78 is 11.3. The van der Waals surface area contributed by atoms with Gasteiger partial charge in [-0.3, -0.25) is 18.6 Å². The number of fused-ring (bicyclic) bond motifs is 3. The highest BCUT2D eigenvalue weighted by Gasteiger charge is 2.23. The zero-order chi connectivity index (χ0) is 22.3. The van der Waals surface area contributed by atoms with E-state index < -0.39 is 23.8 Å². The number of hydrogen-bond acceptors (Lipinski definition) is 5. The molecule has 1 aromatic carbocycles. The SMILES string of the molecule is CCCn1c(C)c(C)n2c3c(=O)n(CC(=O)OCc4ccccc4)c(=O)n(C)c3nc12. The zero-order valence-corrected chi connectivity index (χ0v) is 18.1. The average Bonchev–Trinajstić information content (AvgIpc) is 3.26. The molecule has 0 atom stereocenters. The number of ether oxygens (including phenoxy) is 1. The molecule has 3 heterocycles. The Bertz CT molecular complexity index is 1410. The van der Waals surface area contributed by atoms with Crippen LogP contribution in [-0.4, -0.2) is 29.1 Å². The van der Waals surface area contributed by atoms with E-state index in [0.29, 0.717) is 11.4 Å². The molecular weight excluding hydrogens is 398 g/mol. The summed E-state index contributed by atoms with van der Waals surface area (Å²) in [5, 5.41) is 0. The number of aryl methyl sites for hydroxylation is 3. The van der Waals surface area contributed by atoms with Gasteiger partial charge in [0.25, 0.3) is 5.56 Å². The Hall–Kier alpha value is -3.62. The molecule has 0 N–H and O–H groups in total. The van der Waals surface area contributed by atoms with Crippen LogP contribution in [0.5, 0.6) is 0 Å². The van der Waals surface area contributed by atoms with Gasteiger partial charge in [0, 0.05) is 25.0 Å². The Morgan fingerprint density at radius 2 is 1.77 bits per heavy atom. The normalized spacial score (nSPS) is 11.5. The number of rotatable bonds is 6.